The molecule has 1 rings (SSSR count). The van der Waals surface area contributed by atoms with Gasteiger partial charge in [-0.05, 0) is 25.0 Å². The zero-order valence-corrected chi connectivity index (χ0v) is 13.6. The minimum Gasteiger partial charge on any atom is -0.481 e. The molecule has 116 valence electrons. The van der Waals surface area contributed by atoms with Crippen molar-refractivity contribution in [3.63, 3.8) is 0 Å². The van der Waals surface area contributed by atoms with Gasteiger partial charge in [-0.15, -0.1) is 11.8 Å². The first-order chi connectivity index (χ1) is 9.86. The highest BCUT2D eigenvalue weighted by molar-refractivity contribution is 7.99. The molecule has 1 amide bonds. The number of nitrogens with one attached hydrogen (secondary N) is 1. The number of carboxylic acid groups (broad SMARTS) is 1. The number of amides is 1. The van der Waals surface area contributed by atoms with Crippen LogP contribution in [-0.2, 0) is 9.59 Å². The Morgan fingerprint density at radius 1 is 1.29 bits per heavy atom. The smallest absolute Gasteiger partial charge is 0.310 e. The first-order valence-corrected chi connectivity index (χ1v) is 8.02. The van der Waals surface area contributed by atoms with Gasteiger partial charge in [0, 0.05) is 23.6 Å². The molecule has 4 nitrogen and oxygen atoms in total. The minimum absolute atomic E-state index is 0.00992. The van der Waals surface area contributed by atoms with Crippen molar-refractivity contribution in [3.05, 3.63) is 30.3 Å². The number of thioether (sulfide) groups is 1. The van der Waals surface area contributed by atoms with Gasteiger partial charge in [0.15, 0.2) is 0 Å². The van der Waals surface area contributed by atoms with Crippen molar-refractivity contribution < 1.29 is 14.7 Å². The average molecular weight is 309 g/mol. The molecule has 5 heteroatoms. The predicted molar refractivity (Wildman–Crippen MR) is 85.4 cm³/mol. The third kappa shape index (κ3) is 5.42. The van der Waals surface area contributed by atoms with Crippen LogP contribution in [0, 0.1) is 11.3 Å². The average Bonchev–Trinajstić information content (AvgIpc) is 2.44. The fourth-order valence-electron chi connectivity index (χ4n) is 1.80. The van der Waals surface area contributed by atoms with Crippen LogP contribution in [0.15, 0.2) is 35.2 Å². The third-order valence-corrected chi connectivity index (χ3v) is 4.74. The van der Waals surface area contributed by atoms with Gasteiger partial charge in [-0.1, -0.05) is 32.0 Å². The van der Waals surface area contributed by atoms with Crippen molar-refractivity contribution in [2.75, 3.05) is 12.3 Å². The zero-order chi connectivity index (χ0) is 15.9. The second-order valence-electron chi connectivity index (χ2n) is 5.57. The maximum absolute atomic E-state index is 11.9. The van der Waals surface area contributed by atoms with Crippen molar-refractivity contribution in [2.24, 2.45) is 11.3 Å². The number of carbonyl (C=O) groups is 2. The summed E-state index contributed by atoms with van der Waals surface area (Å²) in [4.78, 5) is 24.4. The van der Waals surface area contributed by atoms with E-state index in [2.05, 4.69) is 5.32 Å². The van der Waals surface area contributed by atoms with Crippen molar-refractivity contribution in [1.29, 1.82) is 0 Å². The van der Waals surface area contributed by atoms with Crippen LogP contribution in [0.4, 0.5) is 0 Å². The van der Waals surface area contributed by atoms with E-state index in [1.807, 2.05) is 44.2 Å². The normalized spacial score (nSPS) is 13.7. The fraction of sp³-hybridized carbons (Fsp3) is 0.500. The number of hydrogen-bond donors (Lipinski definition) is 2. The van der Waals surface area contributed by atoms with Gasteiger partial charge < -0.3 is 10.4 Å². The molecule has 2 N–H and O–H groups in total. The lowest BCUT2D eigenvalue weighted by Crippen LogP contribution is -2.39. The Morgan fingerprint density at radius 3 is 2.43 bits per heavy atom. The summed E-state index contributed by atoms with van der Waals surface area (Å²) in [6.07, 6.45) is 0.00992. The topological polar surface area (TPSA) is 66.4 Å². The highest BCUT2D eigenvalue weighted by Crippen LogP contribution is 2.31. The zero-order valence-electron chi connectivity index (χ0n) is 12.8. The lowest BCUT2D eigenvalue weighted by atomic mass is 9.76. The molecule has 1 aromatic carbocycles. The van der Waals surface area contributed by atoms with Crippen molar-refractivity contribution in [2.45, 2.75) is 32.1 Å². The SMILES string of the molecule is CC(C)C(C)(CC(=O)NCCSc1ccccc1)C(=O)O. The molecule has 0 radical (unpaired) electrons. The Balaban J connectivity index is 2.35. The van der Waals surface area contributed by atoms with E-state index in [0.29, 0.717) is 6.54 Å². The molecule has 0 saturated heterocycles. The largest absolute Gasteiger partial charge is 0.481 e. The first kappa shape index (κ1) is 17.6. The Morgan fingerprint density at radius 2 is 1.90 bits per heavy atom. The van der Waals surface area contributed by atoms with Crippen LogP contribution < -0.4 is 5.32 Å². The van der Waals surface area contributed by atoms with E-state index in [0.717, 1.165) is 10.6 Å². The van der Waals surface area contributed by atoms with E-state index in [9.17, 15) is 14.7 Å². The molecular formula is C16H23NO3S. The monoisotopic (exact) mass is 309 g/mol. The molecule has 0 heterocycles. The molecule has 1 unspecified atom stereocenters. The van der Waals surface area contributed by atoms with Crippen LogP contribution >= 0.6 is 11.8 Å². The quantitative estimate of drug-likeness (QED) is 0.572. The number of benzene rings is 1. The molecule has 0 bridgehead atoms. The molecule has 0 aliphatic carbocycles. The maximum atomic E-state index is 11.9. The van der Waals surface area contributed by atoms with Gasteiger partial charge in [-0.2, -0.15) is 0 Å². The summed E-state index contributed by atoms with van der Waals surface area (Å²) in [6, 6.07) is 9.95. The summed E-state index contributed by atoms with van der Waals surface area (Å²) in [7, 11) is 0. The summed E-state index contributed by atoms with van der Waals surface area (Å²) in [5.41, 5.74) is -1.02. The van der Waals surface area contributed by atoms with E-state index in [-0.39, 0.29) is 18.2 Å². The Labute approximate surface area is 130 Å². The minimum atomic E-state index is -1.02. The van der Waals surface area contributed by atoms with E-state index in [1.54, 1.807) is 18.7 Å². The summed E-state index contributed by atoms with van der Waals surface area (Å²) in [6.45, 7) is 5.81. The number of rotatable bonds is 8. The van der Waals surface area contributed by atoms with Crippen LogP contribution in [0.25, 0.3) is 0 Å². The van der Waals surface area contributed by atoms with Gasteiger partial charge in [-0.3, -0.25) is 9.59 Å². The summed E-state index contributed by atoms with van der Waals surface area (Å²) >= 11 is 1.66. The van der Waals surface area contributed by atoms with E-state index in [1.165, 1.54) is 0 Å². The first-order valence-electron chi connectivity index (χ1n) is 7.04. The molecule has 21 heavy (non-hydrogen) atoms. The summed E-state index contributed by atoms with van der Waals surface area (Å²) in [5.74, 6) is -0.464. The summed E-state index contributed by atoms with van der Waals surface area (Å²) in [5, 5.41) is 12.1. The molecule has 0 fully saturated rings. The summed E-state index contributed by atoms with van der Waals surface area (Å²) < 4.78 is 0. The lowest BCUT2D eigenvalue weighted by Gasteiger charge is -2.28. The van der Waals surface area contributed by atoms with E-state index < -0.39 is 11.4 Å². The molecule has 1 atom stereocenters. The van der Waals surface area contributed by atoms with Gasteiger partial charge in [0.05, 0.1) is 5.41 Å². The van der Waals surface area contributed by atoms with Crippen molar-refractivity contribution >= 4 is 23.6 Å². The van der Waals surface area contributed by atoms with Crippen molar-refractivity contribution in [1.82, 2.24) is 5.32 Å². The van der Waals surface area contributed by atoms with Gasteiger partial charge in [0.2, 0.25) is 5.91 Å². The lowest BCUT2D eigenvalue weighted by molar-refractivity contribution is -0.153. The number of carboxylic acids is 1. The number of carbonyl (C=O) groups excluding carboxylic acids is 1. The molecular weight excluding hydrogens is 286 g/mol. The van der Waals surface area contributed by atoms with E-state index >= 15 is 0 Å². The molecule has 0 aromatic heterocycles. The highest BCUT2D eigenvalue weighted by atomic mass is 32.2. The predicted octanol–water partition coefficient (Wildman–Crippen LogP) is 3.03. The van der Waals surface area contributed by atoms with Crippen molar-refractivity contribution in [3.8, 4) is 0 Å². The molecule has 0 aliphatic rings. The third-order valence-electron chi connectivity index (χ3n) is 3.73. The van der Waals surface area contributed by atoms with Crippen LogP contribution in [0.1, 0.15) is 27.2 Å². The second-order valence-corrected chi connectivity index (χ2v) is 6.73. The maximum Gasteiger partial charge on any atom is 0.310 e. The number of hydrogen-bond acceptors (Lipinski definition) is 3. The Kier molecular flexibility index (Phi) is 6.75. The molecule has 0 aliphatic heterocycles. The Bertz CT molecular complexity index is 476. The molecule has 1 aromatic rings. The van der Waals surface area contributed by atoms with E-state index in [4.69, 9.17) is 0 Å². The highest BCUT2D eigenvalue weighted by Gasteiger charge is 2.38. The molecule has 0 saturated carbocycles. The standard InChI is InChI=1S/C16H23NO3S/c1-12(2)16(3,15(19)20)11-14(18)17-9-10-21-13-7-5-4-6-8-13/h4-8,12H,9-11H2,1-3H3,(H,17,18)(H,19,20). The number of aliphatic carboxylic acids is 1. The van der Waals surface area contributed by atoms with Gasteiger partial charge in [0.1, 0.15) is 0 Å². The van der Waals surface area contributed by atoms with Gasteiger partial charge in [-0.25, -0.2) is 0 Å². The van der Waals surface area contributed by atoms with Gasteiger partial charge in [0.25, 0.3) is 0 Å². The molecule has 0 spiro atoms. The van der Waals surface area contributed by atoms with Crippen LogP contribution in [-0.4, -0.2) is 29.3 Å². The van der Waals surface area contributed by atoms with Gasteiger partial charge >= 0.3 is 5.97 Å². The second kappa shape index (κ2) is 8.08. The van der Waals surface area contributed by atoms with Crippen LogP contribution in [0.3, 0.4) is 0 Å². The Hall–Kier alpha value is -1.49. The van der Waals surface area contributed by atoms with Crippen LogP contribution in [0.5, 0.6) is 0 Å². The fourth-order valence-corrected chi connectivity index (χ4v) is 2.59. The van der Waals surface area contributed by atoms with Crippen LogP contribution in [0.2, 0.25) is 0 Å².